The summed E-state index contributed by atoms with van der Waals surface area (Å²) in [7, 11) is 3.03. The second-order valence-electron chi connectivity index (χ2n) is 5.49. The smallest absolute Gasteiger partial charge is 0.213 e. The molecule has 1 aliphatic heterocycles. The summed E-state index contributed by atoms with van der Waals surface area (Å²) in [5.41, 5.74) is 0.631. The molecule has 1 aromatic carbocycles. The van der Waals surface area contributed by atoms with Crippen molar-refractivity contribution >= 4 is 0 Å². The van der Waals surface area contributed by atoms with Crippen molar-refractivity contribution in [3.63, 3.8) is 0 Å². The lowest BCUT2D eigenvalue weighted by Crippen LogP contribution is -2.41. The molecule has 7 heteroatoms. The topological polar surface area (TPSA) is 53.0 Å². The summed E-state index contributed by atoms with van der Waals surface area (Å²) in [6, 6.07) is 9.99. The van der Waals surface area contributed by atoms with E-state index in [-0.39, 0.29) is 5.75 Å². The van der Waals surface area contributed by atoms with Crippen LogP contribution in [0.25, 0.3) is 0 Å². The van der Waals surface area contributed by atoms with Crippen molar-refractivity contribution in [3.8, 4) is 17.4 Å². The molecule has 1 atom stereocenters. The zero-order valence-electron chi connectivity index (χ0n) is 14.3. The van der Waals surface area contributed by atoms with Gasteiger partial charge in [0.2, 0.25) is 5.88 Å². The Kier molecular flexibility index (Phi) is 5.67. The molecule has 134 valence electrons. The Morgan fingerprint density at radius 2 is 1.84 bits per heavy atom. The van der Waals surface area contributed by atoms with E-state index in [0.29, 0.717) is 43.6 Å². The molecule has 1 aliphatic rings. The molecule has 0 radical (unpaired) electrons. The standard InChI is InChI=1S/C18H21FN2O4/c1-22-15-7-3-5-13(19)17(15)25-18(21-9-11-24-12-10-21)14-6-4-8-16(20-14)23-2/h3-8,18H,9-12H2,1-2H3/t18-/m0/s1. The second kappa shape index (κ2) is 8.13. The number of aromatic nitrogens is 1. The van der Waals surface area contributed by atoms with Gasteiger partial charge in [-0.25, -0.2) is 9.37 Å². The number of hydrogen-bond acceptors (Lipinski definition) is 6. The monoisotopic (exact) mass is 348 g/mol. The van der Waals surface area contributed by atoms with Crippen molar-refractivity contribution in [2.75, 3.05) is 40.5 Å². The lowest BCUT2D eigenvalue weighted by atomic mass is 10.2. The normalized spacial score (nSPS) is 16.3. The molecule has 1 aromatic heterocycles. The molecule has 6 nitrogen and oxygen atoms in total. The van der Waals surface area contributed by atoms with E-state index in [9.17, 15) is 4.39 Å². The number of nitrogens with zero attached hydrogens (tertiary/aromatic N) is 2. The molecule has 2 heterocycles. The van der Waals surface area contributed by atoms with E-state index in [1.54, 1.807) is 25.3 Å². The summed E-state index contributed by atoms with van der Waals surface area (Å²) in [5, 5.41) is 0. The van der Waals surface area contributed by atoms with E-state index in [1.807, 2.05) is 12.1 Å². The van der Waals surface area contributed by atoms with Crippen LogP contribution < -0.4 is 14.2 Å². The molecule has 0 amide bonds. The van der Waals surface area contributed by atoms with Gasteiger partial charge in [-0.05, 0) is 18.2 Å². The first kappa shape index (κ1) is 17.4. The average molecular weight is 348 g/mol. The van der Waals surface area contributed by atoms with Gasteiger partial charge in [0, 0.05) is 19.2 Å². The molecule has 0 saturated carbocycles. The SMILES string of the molecule is COc1cccc([C@H](Oc2c(F)cccc2OC)N2CCOCC2)n1. The second-order valence-corrected chi connectivity index (χ2v) is 5.49. The molecule has 0 N–H and O–H groups in total. The Morgan fingerprint density at radius 3 is 2.56 bits per heavy atom. The molecule has 0 aliphatic carbocycles. The van der Waals surface area contributed by atoms with Crippen LogP contribution in [0.1, 0.15) is 11.9 Å². The highest BCUT2D eigenvalue weighted by molar-refractivity contribution is 5.41. The predicted molar refractivity (Wildman–Crippen MR) is 89.5 cm³/mol. The van der Waals surface area contributed by atoms with Crippen LogP contribution in [0, 0.1) is 5.82 Å². The lowest BCUT2D eigenvalue weighted by Gasteiger charge is -2.34. The Hall–Kier alpha value is -2.38. The lowest BCUT2D eigenvalue weighted by molar-refractivity contribution is -0.0514. The van der Waals surface area contributed by atoms with Gasteiger partial charge in [0.25, 0.3) is 0 Å². The zero-order valence-corrected chi connectivity index (χ0v) is 14.3. The third-order valence-electron chi connectivity index (χ3n) is 3.96. The van der Waals surface area contributed by atoms with Crippen molar-refractivity contribution in [2.45, 2.75) is 6.23 Å². The number of benzene rings is 1. The summed E-state index contributed by atoms with van der Waals surface area (Å²) >= 11 is 0. The number of para-hydroxylation sites is 1. The Balaban J connectivity index is 1.96. The van der Waals surface area contributed by atoms with Gasteiger partial charge in [-0.15, -0.1) is 0 Å². The number of ether oxygens (including phenoxy) is 4. The minimum atomic E-state index is -0.579. The highest BCUT2D eigenvalue weighted by atomic mass is 19.1. The number of rotatable bonds is 6. The van der Waals surface area contributed by atoms with E-state index >= 15 is 0 Å². The highest BCUT2D eigenvalue weighted by Crippen LogP contribution is 2.35. The average Bonchev–Trinajstić information content (AvgIpc) is 2.67. The van der Waals surface area contributed by atoms with Gasteiger partial charge in [0.15, 0.2) is 23.5 Å². The molecular formula is C18H21FN2O4. The Bertz CT molecular complexity index is 707. The van der Waals surface area contributed by atoms with Crippen molar-refractivity contribution in [1.82, 2.24) is 9.88 Å². The number of hydrogen-bond donors (Lipinski definition) is 0. The number of methoxy groups -OCH3 is 2. The summed E-state index contributed by atoms with van der Waals surface area (Å²) in [5.74, 6) is 0.382. The van der Waals surface area contributed by atoms with E-state index in [0.717, 1.165) is 0 Å². The highest BCUT2D eigenvalue weighted by Gasteiger charge is 2.28. The molecule has 0 unspecified atom stereocenters. The van der Waals surface area contributed by atoms with Gasteiger partial charge in [-0.1, -0.05) is 12.1 Å². The first-order valence-electron chi connectivity index (χ1n) is 8.05. The molecule has 3 rings (SSSR count). The minimum absolute atomic E-state index is 0.0612. The fourth-order valence-corrected chi connectivity index (χ4v) is 2.69. The molecule has 25 heavy (non-hydrogen) atoms. The number of halogens is 1. The van der Waals surface area contributed by atoms with Crippen molar-refractivity contribution in [2.24, 2.45) is 0 Å². The third kappa shape index (κ3) is 4.00. The van der Waals surface area contributed by atoms with Gasteiger partial charge < -0.3 is 18.9 Å². The van der Waals surface area contributed by atoms with Gasteiger partial charge in [0.05, 0.1) is 27.4 Å². The predicted octanol–water partition coefficient (Wildman–Crippen LogP) is 2.65. The van der Waals surface area contributed by atoms with Crippen LogP contribution in [0.3, 0.4) is 0 Å². The van der Waals surface area contributed by atoms with Crippen LogP contribution >= 0.6 is 0 Å². The van der Waals surface area contributed by atoms with E-state index < -0.39 is 12.0 Å². The first-order chi connectivity index (χ1) is 12.2. The van der Waals surface area contributed by atoms with E-state index in [2.05, 4.69) is 9.88 Å². The van der Waals surface area contributed by atoms with Gasteiger partial charge in [0.1, 0.15) is 5.69 Å². The third-order valence-corrected chi connectivity index (χ3v) is 3.96. The van der Waals surface area contributed by atoms with Crippen LogP contribution in [0.4, 0.5) is 4.39 Å². The van der Waals surface area contributed by atoms with Crippen molar-refractivity contribution in [1.29, 1.82) is 0 Å². The fourth-order valence-electron chi connectivity index (χ4n) is 2.69. The van der Waals surface area contributed by atoms with Gasteiger partial charge in [-0.2, -0.15) is 0 Å². The summed E-state index contributed by atoms with van der Waals surface area (Å²) in [4.78, 5) is 6.51. The zero-order chi connectivity index (χ0) is 17.6. The van der Waals surface area contributed by atoms with Crippen LogP contribution in [0.15, 0.2) is 36.4 Å². The molecule has 2 aromatic rings. The van der Waals surface area contributed by atoms with E-state index in [4.69, 9.17) is 18.9 Å². The van der Waals surface area contributed by atoms with Gasteiger partial charge >= 0.3 is 0 Å². The van der Waals surface area contributed by atoms with Gasteiger partial charge in [-0.3, -0.25) is 4.90 Å². The molecule has 1 saturated heterocycles. The maximum Gasteiger partial charge on any atom is 0.213 e. The molecule has 0 spiro atoms. The fraction of sp³-hybridized carbons (Fsp3) is 0.389. The Morgan fingerprint density at radius 1 is 1.08 bits per heavy atom. The Labute approximate surface area is 146 Å². The quantitative estimate of drug-likeness (QED) is 0.800. The maximum absolute atomic E-state index is 14.3. The van der Waals surface area contributed by atoms with Crippen molar-refractivity contribution < 1.29 is 23.3 Å². The van der Waals surface area contributed by atoms with Crippen LogP contribution in [0.5, 0.6) is 17.4 Å². The molecular weight excluding hydrogens is 327 g/mol. The van der Waals surface area contributed by atoms with Crippen LogP contribution in [0.2, 0.25) is 0 Å². The molecule has 0 bridgehead atoms. The largest absolute Gasteiger partial charge is 0.493 e. The summed E-state index contributed by atoms with van der Waals surface area (Å²) in [6.45, 7) is 2.47. The summed E-state index contributed by atoms with van der Waals surface area (Å²) < 4.78 is 36.2. The number of morpholine rings is 1. The van der Waals surface area contributed by atoms with Crippen LogP contribution in [-0.2, 0) is 4.74 Å². The minimum Gasteiger partial charge on any atom is -0.493 e. The summed E-state index contributed by atoms with van der Waals surface area (Å²) in [6.07, 6.45) is -0.579. The van der Waals surface area contributed by atoms with Crippen LogP contribution in [-0.4, -0.2) is 50.4 Å². The van der Waals surface area contributed by atoms with E-state index in [1.165, 1.54) is 13.2 Å². The first-order valence-corrected chi connectivity index (χ1v) is 8.05. The molecule has 1 fully saturated rings. The van der Waals surface area contributed by atoms with Crippen molar-refractivity contribution in [3.05, 3.63) is 47.9 Å². The number of pyridine rings is 1. The maximum atomic E-state index is 14.3.